The number of aliphatic hydroxyl groups excluding tert-OH is 2. The molecule has 1 amide bonds. The number of benzene rings is 1. The SMILES string of the molecule is CC1C(=O)N(C(CO)CCN2CCC3(CC3)C(O)C2)CCN1c1cccc(OC(F)(F)F)c1. The average molecular weight is 472 g/mol. The molecule has 1 aromatic rings. The monoisotopic (exact) mass is 471 g/mol. The lowest BCUT2D eigenvalue weighted by Crippen LogP contribution is -2.60. The first-order chi connectivity index (χ1) is 15.6. The summed E-state index contributed by atoms with van der Waals surface area (Å²) in [5.74, 6) is -0.495. The van der Waals surface area contributed by atoms with Gasteiger partial charge in [-0.2, -0.15) is 0 Å². The number of nitrogens with zero attached hydrogens (tertiary/aromatic N) is 3. The van der Waals surface area contributed by atoms with Crippen LogP contribution >= 0.6 is 0 Å². The maximum atomic E-state index is 13.1. The summed E-state index contributed by atoms with van der Waals surface area (Å²) in [7, 11) is 0. The molecule has 2 aliphatic heterocycles. The van der Waals surface area contributed by atoms with Crippen molar-refractivity contribution in [1.29, 1.82) is 0 Å². The molecule has 3 atom stereocenters. The number of piperazine rings is 1. The van der Waals surface area contributed by atoms with Crippen LogP contribution in [0.15, 0.2) is 24.3 Å². The number of ether oxygens (including phenoxy) is 1. The van der Waals surface area contributed by atoms with E-state index in [9.17, 15) is 28.2 Å². The van der Waals surface area contributed by atoms with Crippen molar-refractivity contribution in [1.82, 2.24) is 9.80 Å². The van der Waals surface area contributed by atoms with Crippen molar-refractivity contribution in [3.63, 3.8) is 0 Å². The highest BCUT2D eigenvalue weighted by Crippen LogP contribution is 2.53. The van der Waals surface area contributed by atoms with Gasteiger partial charge in [-0.25, -0.2) is 0 Å². The van der Waals surface area contributed by atoms with Crippen LogP contribution in [0.5, 0.6) is 5.75 Å². The van der Waals surface area contributed by atoms with E-state index in [2.05, 4.69) is 9.64 Å². The van der Waals surface area contributed by atoms with Crippen LogP contribution in [0.2, 0.25) is 0 Å². The highest BCUT2D eigenvalue weighted by molar-refractivity contribution is 5.86. The number of β-amino-alcohol motifs (C(OH)–C–C–N with tert-alkyl or cyclic N) is 1. The third-order valence-electron chi connectivity index (χ3n) is 7.46. The molecule has 7 nitrogen and oxygen atoms in total. The molecule has 2 saturated heterocycles. The van der Waals surface area contributed by atoms with Gasteiger partial charge in [-0.05, 0) is 56.7 Å². The third kappa shape index (κ3) is 5.38. The predicted octanol–water partition coefficient (Wildman–Crippen LogP) is 2.22. The van der Waals surface area contributed by atoms with Crippen LogP contribution in [0.3, 0.4) is 0 Å². The number of aliphatic hydroxyl groups is 2. The maximum Gasteiger partial charge on any atom is 0.573 e. The number of rotatable bonds is 7. The van der Waals surface area contributed by atoms with Crippen LogP contribution in [0.25, 0.3) is 0 Å². The molecule has 3 fully saturated rings. The molecule has 2 N–H and O–H groups in total. The summed E-state index contributed by atoms with van der Waals surface area (Å²) in [6, 6.07) is 4.71. The average Bonchev–Trinajstić information content (AvgIpc) is 3.54. The molecule has 10 heteroatoms. The second-order valence-electron chi connectivity index (χ2n) is 9.50. The largest absolute Gasteiger partial charge is 0.573 e. The summed E-state index contributed by atoms with van der Waals surface area (Å²) in [5.41, 5.74) is 0.617. The number of carbonyl (C=O) groups excluding carboxylic acids is 1. The highest BCUT2D eigenvalue weighted by Gasteiger charge is 2.51. The van der Waals surface area contributed by atoms with Gasteiger partial charge in [0.1, 0.15) is 11.8 Å². The minimum Gasteiger partial charge on any atom is -0.406 e. The number of halogens is 3. The minimum atomic E-state index is -4.78. The van der Waals surface area contributed by atoms with Crippen molar-refractivity contribution in [2.45, 2.75) is 57.2 Å². The summed E-state index contributed by atoms with van der Waals surface area (Å²) < 4.78 is 41.7. The summed E-state index contributed by atoms with van der Waals surface area (Å²) in [5, 5.41) is 20.4. The van der Waals surface area contributed by atoms with Crippen molar-refractivity contribution in [3.05, 3.63) is 24.3 Å². The van der Waals surface area contributed by atoms with E-state index >= 15 is 0 Å². The summed E-state index contributed by atoms with van der Waals surface area (Å²) >= 11 is 0. The second kappa shape index (κ2) is 9.31. The van der Waals surface area contributed by atoms with E-state index in [1.54, 1.807) is 22.8 Å². The van der Waals surface area contributed by atoms with Crippen molar-refractivity contribution in [2.75, 3.05) is 44.2 Å². The number of piperidine rings is 1. The van der Waals surface area contributed by atoms with Gasteiger partial charge in [-0.3, -0.25) is 4.79 Å². The fourth-order valence-corrected chi connectivity index (χ4v) is 5.17. The zero-order valence-electron chi connectivity index (χ0n) is 18.8. The van der Waals surface area contributed by atoms with Crippen LogP contribution in [0.4, 0.5) is 18.9 Å². The number of amides is 1. The summed E-state index contributed by atoms with van der Waals surface area (Å²) in [6.07, 6.45) is -1.29. The molecule has 1 aromatic carbocycles. The van der Waals surface area contributed by atoms with E-state index in [1.165, 1.54) is 18.2 Å². The van der Waals surface area contributed by atoms with Gasteiger partial charge in [0.05, 0.1) is 18.8 Å². The van der Waals surface area contributed by atoms with E-state index in [4.69, 9.17) is 0 Å². The number of hydrogen-bond acceptors (Lipinski definition) is 6. The fourth-order valence-electron chi connectivity index (χ4n) is 5.17. The van der Waals surface area contributed by atoms with Gasteiger partial charge < -0.3 is 29.6 Å². The van der Waals surface area contributed by atoms with Crippen LogP contribution in [0, 0.1) is 5.41 Å². The Bertz CT molecular complexity index is 848. The molecule has 1 aliphatic carbocycles. The topological polar surface area (TPSA) is 76.5 Å². The Morgan fingerprint density at radius 2 is 1.97 bits per heavy atom. The van der Waals surface area contributed by atoms with E-state index < -0.39 is 12.4 Å². The van der Waals surface area contributed by atoms with Gasteiger partial charge in [0.15, 0.2) is 0 Å². The van der Waals surface area contributed by atoms with E-state index in [1.807, 2.05) is 0 Å². The number of carbonyl (C=O) groups is 1. The molecule has 0 aromatic heterocycles. The number of likely N-dealkylation sites (tertiary alicyclic amines) is 1. The Balaban J connectivity index is 1.35. The molecular formula is C23H32F3N3O4. The van der Waals surface area contributed by atoms with E-state index in [0.29, 0.717) is 38.3 Å². The molecule has 33 heavy (non-hydrogen) atoms. The Labute approximate surface area is 191 Å². The van der Waals surface area contributed by atoms with Crippen molar-refractivity contribution in [3.8, 4) is 5.75 Å². The molecule has 4 rings (SSSR count). The lowest BCUT2D eigenvalue weighted by Gasteiger charge is -2.44. The molecule has 3 unspecified atom stereocenters. The van der Waals surface area contributed by atoms with Crippen molar-refractivity contribution in [2.24, 2.45) is 5.41 Å². The molecular weight excluding hydrogens is 439 g/mol. The number of anilines is 1. The van der Waals surface area contributed by atoms with Crippen LogP contribution in [0.1, 0.15) is 32.6 Å². The second-order valence-corrected chi connectivity index (χ2v) is 9.50. The molecule has 0 radical (unpaired) electrons. The van der Waals surface area contributed by atoms with Crippen LogP contribution in [-0.4, -0.2) is 89.8 Å². The van der Waals surface area contributed by atoms with Crippen LogP contribution in [-0.2, 0) is 4.79 Å². The Morgan fingerprint density at radius 1 is 1.21 bits per heavy atom. The lowest BCUT2D eigenvalue weighted by atomic mass is 9.90. The van der Waals surface area contributed by atoms with Gasteiger partial charge >= 0.3 is 6.36 Å². The Kier molecular flexibility index (Phi) is 6.80. The highest BCUT2D eigenvalue weighted by atomic mass is 19.4. The minimum absolute atomic E-state index is 0.136. The van der Waals surface area contributed by atoms with Crippen molar-refractivity contribution < 1.29 is 32.9 Å². The lowest BCUT2D eigenvalue weighted by molar-refractivity contribution is -0.274. The standard InChI is InChI=1S/C23H32F3N3O4/c1-16-21(32)29(12-11-28(16)17-3-2-4-19(13-17)33-23(24,25)26)18(15-30)5-9-27-10-8-22(6-7-22)20(31)14-27/h2-4,13,16,18,20,30-31H,5-12,14-15H2,1H3. The molecule has 1 saturated carbocycles. The molecule has 184 valence electrons. The first-order valence-corrected chi connectivity index (χ1v) is 11.6. The zero-order chi connectivity index (χ0) is 23.8. The first kappa shape index (κ1) is 24.1. The summed E-state index contributed by atoms with van der Waals surface area (Å²) in [4.78, 5) is 18.8. The first-order valence-electron chi connectivity index (χ1n) is 11.6. The third-order valence-corrected chi connectivity index (χ3v) is 7.46. The fraction of sp³-hybridized carbons (Fsp3) is 0.696. The van der Waals surface area contributed by atoms with Gasteiger partial charge in [0.25, 0.3) is 0 Å². The van der Waals surface area contributed by atoms with Gasteiger partial charge in [0.2, 0.25) is 5.91 Å². The van der Waals surface area contributed by atoms with E-state index in [-0.39, 0.29) is 35.8 Å². The van der Waals surface area contributed by atoms with Gasteiger partial charge in [-0.1, -0.05) is 6.07 Å². The smallest absolute Gasteiger partial charge is 0.406 e. The zero-order valence-corrected chi connectivity index (χ0v) is 18.8. The molecule has 0 bridgehead atoms. The number of alkyl halides is 3. The maximum absolute atomic E-state index is 13.1. The van der Waals surface area contributed by atoms with Crippen LogP contribution < -0.4 is 9.64 Å². The Hall–Kier alpha value is -2.04. The Morgan fingerprint density at radius 3 is 2.61 bits per heavy atom. The molecule has 2 heterocycles. The van der Waals surface area contributed by atoms with Gasteiger partial charge in [-0.15, -0.1) is 13.2 Å². The number of hydrogen-bond donors (Lipinski definition) is 2. The predicted molar refractivity (Wildman–Crippen MR) is 116 cm³/mol. The van der Waals surface area contributed by atoms with E-state index in [0.717, 1.165) is 25.8 Å². The summed E-state index contributed by atoms with van der Waals surface area (Å²) in [6.45, 7) is 4.60. The quantitative estimate of drug-likeness (QED) is 0.635. The van der Waals surface area contributed by atoms with Crippen molar-refractivity contribution >= 4 is 11.6 Å². The van der Waals surface area contributed by atoms with Gasteiger partial charge in [0, 0.05) is 37.9 Å². The molecule has 1 spiro atoms. The normalized spacial score (nSPS) is 26.5. The molecule has 3 aliphatic rings.